The van der Waals surface area contributed by atoms with Crippen LogP contribution in [-0.2, 0) is 38.2 Å². The maximum absolute atomic E-state index is 13.1. The maximum atomic E-state index is 13.1. The van der Waals surface area contributed by atoms with Gasteiger partial charge in [-0.25, -0.2) is 0 Å². The molecule has 0 aromatic carbocycles. The third-order valence-corrected chi connectivity index (χ3v) is 10.6. The first kappa shape index (κ1) is 39.4. The number of unbranched alkanes of at least 4 members (excludes halogenated alkanes) is 1. The standard InChI is InChI=1S/C31H58N3O8P3S2/c1-3-4-15-46-27-7-8-28(17-27)47-16-5-6-26(36)19-34(21-31(39)42-24-45)14-12-32(10-9-29(37)40-22-43)11-13-33(18-25(2)35)20-30(38)41-23-44/h27-28H,3-24,43-45H2,1-2H3/i22T,23T,24T. The lowest BCUT2D eigenvalue weighted by Gasteiger charge is -2.29. The summed E-state index contributed by atoms with van der Waals surface area (Å²) >= 11 is 4.05. The van der Waals surface area contributed by atoms with Crippen molar-refractivity contribution in [2.24, 2.45) is 0 Å². The van der Waals surface area contributed by atoms with Gasteiger partial charge in [-0.2, -0.15) is 23.5 Å². The Bertz CT molecular complexity index is 1040. The Labute approximate surface area is 302 Å². The van der Waals surface area contributed by atoms with Gasteiger partial charge in [-0.15, -0.1) is 0 Å². The highest BCUT2D eigenvalue weighted by molar-refractivity contribution is 8.00. The minimum absolute atomic E-state index is 0.00360. The van der Waals surface area contributed by atoms with E-state index < -0.39 is 36.9 Å². The lowest BCUT2D eigenvalue weighted by molar-refractivity contribution is -0.144. The summed E-state index contributed by atoms with van der Waals surface area (Å²) in [6.45, 7) is 4.57. The van der Waals surface area contributed by atoms with Crippen LogP contribution in [0.25, 0.3) is 0 Å². The summed E-state index contributed by atoms with van der Waals surface area (Å²) in [6.07, 6.45) is 3.94. The van der Waals surface area contributed by atoms with Crippen LogP contribution in [0.5, 0.6) is 0 Å². The van der Waals surface area contributed by atoms with Gasteiger partial charge in [0.1, 0.15) is 30.5 Å². The minimum atomic E-state index is -1.13. The van der Waals surface area contributed by atoms with Crippen molar-refractivity contribution in [2.75, 3.05) is 89.4 Å². The van der Waals surface area contributed by atoms with E-state index >= 15 is 0 Å². The highest BCUT2D eigenvalue weighted by atomic mass is 32.2. The topological polar surface area (TPSA) is 123 Å². The van der Waals surface area contributed by atoms with Gasteiger partial charge in [0, 0.05) is 49.6 Å². The zero-order valence-electron chi connectivity index (χ0n) is 31.0. The molecule has 0 aromatic rings. The van der Waals surface area contributed by atoms with Crippen LogP contribution in [-0.4, -0.2) is 144 Å². The van der Waals surface area contributed by atoms with E-state index in [9.17, 15) is 24.0 Å². The second-order valence-electron chi connectivity index (χ2n) is 11.4. The van der Waals surface area contributed by atoms with E-state index in [0.717, 1.165) is 17.4 Å². The molecular weight excluding hydrogens is 699 g/mol. The highest BCUT2D eigenvalue weighted by Crippen LogP contribution is 2.37. The van der Waals surface area contributed by atoms with Gasteiger partial charge in [0.15, 0.2) is 0 Å². The van der Waals surface area contributed by atoms with Crippen molar-refractivity contribution in [1.82, 2.24) is 14.7 Å². The molecule has 1 fully saturated rings. The Morgan fingerprint density at radius 3 is 1.68 bits per heavy atom. The van der Waals surface area contributed by atoms with Crippen molar-refractivity contribution in [1.29, 1.82) is 0 Å². The second-order valence-corrected chi connectivity index (χ2v) is 15.0. The molecule has 0 saturated heterocycles. The van der Waals surface area contributed by atoms with Gasteiger partial charge >= 0.3 is 17.9 Å². The van der Waals surface area contributed by atoms with Crippen LogP contribution in [0.1, 0.15) is 69.3 Å². The van der Waals surface area contributed by atoms with E-state index in [4.69, 9.17) is 18.3 Å². The lowest BCUT2D eigenvalue weighted by Crippen LogP contribution is -2.44. The fourth-order valence-corrected chi connectivity index (χ4v) is 8.42. The Balaban J connectivity index is 2.83. The number of hydrogen-bond donors (Lipinski definition) is 0. The Kier molecular flexibility index (Phi) is 23.8. The molecule has 1 saturated carbocycles. The summed E-state index contributed by atoms with van der Waals surface area (Å²) in [7, 11) is 6.21. The van der Waals surface area contributed by atoms with Crippen molar-refractivity contribution < 1.29 is 42.3 Å². The van der Waals surface area contributed by atoms with Crippen LogP contribution in [0.4, 0.5) is 0 Å². The van der Waals surface area contributed by atoms with Gasteiger partial charge in [0.05, 0.1) is 36.7 Å². The van der Waals surface area contributed by atoms with Gasteiger partial charge in [-0.05, 0) is 50.5 Å². The summed E-state index contributed by atoms with van der Waals surface area (Å²) in [6, 6.07) is 0. The number of Topliss-reactive ketones (excluding diaryl/α,β-unsaturated/α-hetero) is 2. The van der Waals surface area contributed by atoms with Crippen molar-refractivity contribution in [3.8, 4) is 0 Å². The van der Waals surface area contributed by atoms with Gasteiger partial charge in [0.2, 0.25) is 0 Å². The fourth-order valence-electron chi connectivity index (χ4n) is 5.07. The molecule has 0 heterocycles. The molecule has 1 aliphatic rings. The van der Waals surface area contributed by atoms with Crippen LogP contribution in [0.15, 0.2) is 0 Å². The molecule has 0 radical (unpaired) electrons. The molecule has 0 bridgehead atoms. The number of carbonyl (C=O) groups is 5. The normalized spacial score (nSPS) is 19.1. The number of nitrogens with zero attached hydrogens (tertiary/aromatic N) is 3. The number of carbonyl (C=O) groups excluding carboxylic acids is 5. The zero-order valence-corrected chi connectivity index (χ0v) is 33.1. The largest absolute Gasteiger partial charge is 0.462 e. The average molecular weight is 764 g/mol. The fraction of sp³-hybridized carbons (Fsp3) is 0.839. The molecule has 8 atom stereocenters. The van der Waals surface area contributed by atoms with Crippen molar-refractivity contribution in [2.45, 2.75) is 75.7 Å². The molecule has 0 aromatic heterocycles. The Hall–Kier alpha value is -0.380. The van der Waals surface area contributed by atoms with E-state index in [1.165, 1.54) is 44.8 Å². The molecule has 0 N–H and O–H groups in total. The molecule has 16 heteroatoms. The number of thioether (sulfide) groups is 2. The number of rotatable bonds is 29. The van der Waals surface area contributed by atoms with Crippen LogP contribution in [0.2, 0.25) is 0 Å². The number of ketones is 2. The van der Waals surface area contributed by atoms with E-state index in [1.807, 2.05) is 16.7 Å². The van der Waals surface area contributed by atoms with E-state index in [2.05, 4.69) is 46.4 Å². The number of hydrogen-bond acceptors (Lipinski definition) is 13. The number of ether oxygens (including phenoxy) is 3. The lowest BCUT2D eigenvalue weighted by atomic mass is 10.2. The zero-order chi connectivity index (χ0) is 37.5. The second kappa shape index (κ2) is 28.3. The van der Waals surface area contributed by atoms with Gasteiger partial charge in [-0.1, -0.05) is 41.1 Å². The molecule has 272 valence electrons. The summed E-state index contributed by atoms with van der Waals surface area (Å²) in [5.74, 6) is 0.0938. The molecule has 1 aliphatic carbocycles. The monoisotopic (exact) mass is 763 g/mol. The molecule has 1 rings (SSSR count). The third kappa shape index (κ3) is 23.6. The molecule has 8 unspecified atom stereocenters. The van der Waals surface area contributed by atoms with E-state index in [0.29, 0.717) is 24.8 Å². The maximum Gasteiger partial charge on any atom is 0.320 e. The molecule has 0 spiro atoms. The molecule has 0 amide bonds. The summed E-state index contributed by atoms with van der Waals surface area (Å²) < 4.78 is 37.3. The molecule has 11 nitrogen and oxygen atoms in total. The molecular formula is C31H58N3O8P3S2. The first-order chi connectivity index (χ1) is 23.7. The summed E-state index contributed by atoms with van der Waals surface area (Å²) in [5.41, 5.74) is 0. The first-order valence-corrected chi connectivity index (χ1v) is 20.3. The SMILES string of the molecule is [3H]C(P)OC(=O)CCN(CCN(CC(C)=O)CC(=O)OC([3H])P)CCN(CC(=O)CCCSC1CCC(SCCCC)C1)CC(=O)OC([3H])P. The third-order valence-electron chi connectivity index (χ3n) is 7.39. The average Bonchev–Trinajstić information content (AvgIpc) is 3.44. The first-order valence-electron chi connectivity index (χ1n) is 17.9. The predicted octanol–water partition coefficient (Wildman–Crippen LogP) is 3.54. The summed E-state index contributed by atoms with van der Waals surface area (Å²) in [5, 5.41) is 1.39. The quantitative estimate of drug-likeness (QED) is 0.0479. The Morgan fingerprint density at radius 1 is 0.681 bits per heavy atom. The van der Waals surface area contributed by atoms with Crippen LogP contribution >= 0.6 is 51.2 Å². The van der Waals surface area contributed by atoms with E-state index in [-0.39, 0.29) is 63.8 Å². The van der Waals surface area contributed by atoms with Crippen LogP contribution < -0.4 is 0 Å². The highest BCUT2D eigenvalue weighted by Gasteiger charge is 2.25. The Morgan fingerprint density at radius 2 is 1.17 bits per heavy atom. The van der Waals surface area contributed by atoms with Crippen LogP contribution in [0.3, 0.4) is 0 Å². The predicted molar refractivity (Wildman–Crippen MR) is 202 cm³/mol. The smallest absolute Gasteiger partial charge is 0.320 e. The van der Waals surface area contributed by atoms with Crippen molar-refractivity contribution >= 4 is 80.7 Å². The number of esters is 3. The van der Waals surface area contributed by atoms with Crippen molar-refractivity contribution in [3.05, 3.63) is 0 Å². The van der Waals surface area contributed by atoms with Gasteiger partial charge in [-0.3, -0.25) is 33.8 Å². The van der Waals surface area contributed by atoms with Gasteiger partial charge in [0.25, 0.3) is 0 Å². The summed E-state index contributed by atoms with van der Waals surface area (Å²) in [4.78, 5) is 67.1. The molecule has 47 heavy (non-hydrogen) atoms. The van der Waals surface area contributed by atoms with Crippen molar-refractivity contribution in [3.63, 3.8) is 0 Å². The van der Waals surface area contributed by atoms with E-state index in [1.54, 1.807) is 9.80 Å². The van der Waals surface area contributed by atoms with Crippen LogP contribution in [0, 0.1) is 0 Å². The minimum Gasteiger partial charge on any atom is -0.462 e. The molecule has 0 aliphatic heterocycles. The van der Waals surface area contributed by atoms with Gasteiger partial charge < -0.3 is 19.1 Å².